The Morgan fingerprint density at radius 2 is 1.78 bits per heavy atom. The number of hydrogen-bond donors (Lipinski definition) is 2. The summed E-state index contributed by atoms with van der Waals surface area (Å²) < 4.78 is 5.01. The van der Waals surface area contributed by atoms with Gasteiger partial charge in [-0.3, -0.25) is 9.88 Å². The highest BCUT2D eigenvalue weighted by molar-refractivity contribution is 5.91. The smallest absolute Gasteiger partial charge is 0.323 e. The van der Waals surface area contributed by atoms with E-state index in [2.05, 4.69) is 25.3 Å². The summed E-state index contributed by atoms with van der Waals surface area (Å²) in [4.78, 5) is 32.1. The second-order valence-corrected chi connectivity index (χ2v) is 7.78. The zero-order valence-electron chi connectivity index (χ0n) is 18.0. The van der Waals surface area contributed by atoms with Crippen LogP contribution in [0.4, 0.5) is 10.6 Å². The molecule has 4 rings (SSSR count). The van der Waals surface area contributed by atoms with Crippen molar-refractivity contribution in [3.8, 4) is 17.1 Å². The molecular formula is C23H27N7O2. The zero-order chi connectivity index (χ0) is 22.3. The molecule has 0 saturated heterocycles. The van der Waals surface area contributed by atoms with E-state index in [1.807, 2.05) is 30.3 Å². The van der Waals surface area contributed by atoms with Gasteiger partial charge in [0.1, 0.15) is 5.82 Å². The van der Waals surface area contributed by atoms with Gasteiger partial charge in [0.05, 0.1) is 19.3 Å². The van der Waals surface area contributed by atoms with E-state index in [0.717, 1.165) is 42.5 Å². The molecule has 3 aromatic rings. The van der Waals surface area contributed by atoms with Gasteiger partial charge < -0.3 is 15.8 Å². The molecule has 32 heavy (non-hydrogen) atoms. The molecule has 2 amide bonds. The number of anilines is 1. The predicted molar refractivity (Wildman–Crippen MR) is 121 cm³/mol. The number of ether oxygens (including phenoxy) is 1. The van der Waals surface area contributed by atoms with Gasteiger partial charge in [-0.2, -0.15) is 0 Å². The number of carbonyl (C=O) groups excluding carboxylic acids is 1. The molecule has 0 spiro atoms. The Kier molecular flexibility index (Phi) is 6.86. The van der Waals surface area contributed by atoms with Crippen LogP contribution in [0.5, 0.6) is 6.01 Å². The number of nitrogens with one attached hydrogen (secondary N) is 1. The Morgan fingerprint density at radius 3 is 2.41 bits per heavy atom. The molecule has 3 aromatic heterocycles. The van der Waals surface area contributed by atoms with E-state index in [-0.39, 0.29) is 18.1 Å². The van der Waals surface area contributed by atoms with Gasteiger partial charge >= 0.3 is 12.0 Å². The molecule has 0 radical (unpaired) electrons. The third-order valence-electron chi connectivity index (χ3n) is 5.61. The lowest BCUT2D eigenvalue weighted by Gasteiger charge is -2.35. The third-order valence-corrected chi connectivity index (χ3v) is 5.61. The first-order chi connectivity index (χ1) is 15.6. The first kappa shape index (κ1) is 21.6. The summed E-state index contributed by atoms with van der Waals surface area (Å²) in [7, 11) is 1.52. The number of hydrogen-bond acceptors (Lipinski definition) is 7. The van der Waals surface area contributed by atoms with Crippen LogP contribution in [0.1, 0.15) is 31.4 Å². The molecule has 0 unspecified atom stereocenters. The fourth-order valence-electron chi connectivity index (χ4n) is 3.84. The van der Waals surface area contributed by atoms with Crippen LogP contribution < -0.4 is 20.7 Å². The van der Waals surface area contributed by atoms with Gasteiger partial charge in [-0.05, 0) is 49.9 Å². The second-order valence-electron chi connectivity index (χ2n) is 7.78. The van der Waals surface area contributed by atoms with Gasteiger partial charge in [-0.25, -0.2) is 19.7 Å². The Bertz CT molecular complexity index is 1000. The zero-order valence-corrected chi connectivity index (χ0v) is 18.0. The summed E-state index contributed by atoms with van der Waals surface area (Å²) in [6.45, 7) is 0.351. The van der Waals surface area contributed by atoms with Gasteiger partial charge in [-0.1, -0.05) is 6.07 Å². The number of amides is 2. The van der Waals surface area contributed by atoms with Crippen molar-refractivity contribution in [1.82, 2.24) is 25.3 Å². The van der Waals surface area contributed by atoms with E-state index >= 15 is 0 Å². The number of aromatic nitrogens is 4. The van der Waals surface area contributed by atoms with E-state index in [9.17, 15) is 4.79 Å². The first-order valence-corrected chi connectivity index (χ1v) is 10.7. The van der Waals surface area contributed by atoms with Crippen molar-refractivity contribution >= 4 is 11.8 Å². The van der Waals surface area contributed by atoms with Crippen LogP contribution in [0, 0.1) is 0 Å². The topological polar surface area (TPSA) is 119 Å². The maximum Gasteiger partial charge on any atom is 0.323 e. The van der Waals surface area contributed by atoms with Gasteiger partial charge in [0.2, 0.25) is 0 Å². The number of carbonyl (C=O) groups is 1. The average molecular weight is 434 g/mol. The molecule has 9 nitrogen and oxygen atoms in total. The number of methoxy groups -OCH3 is 1. The standard InChI is InChI=1S/C23H27N7O2/c1-32-22-27-13-17(14-28-22)16-5-10-21(26-12-16)30(20-8-6-18(24)7-9-20)23(31)29-15-19-4-2-3-11-25-19/h2-5,10-14,18,20H,6-9,15,24H2,1H3,(H,29,31)/t18-,20-. The lowest BCUT2D eigenvalue weighted by Crippen LogP contribution is -2.49. The minimum absolute atomic E-state index is 0.0428. The highest BCUT2D eigenvalue weighted by Crippen LogP contribution is 2.28. The van der Waals surface area contributed by atoms with Crippen molar-refractivity contribution in [2.75, 3.05) is 12.0 Å². The van der Waals surface area contributed by atoms with Gasteiger partial charge in [0.15, 0.2) is 0 Å². The first-order valence-electron chi connectivity index (χ1n) is 10.7. The van der Waals surface area contributed by atoms with Crippen LogP contribution in [0.15, 0.2) is 55.1 Å². The molecule has 3 heterocycles. The Hall–Kier alpha value is -3.59. The minimum Gasteiger partial charge on any atom is -0.467 e. The maximum absolute atomic E-state index is 13.2. The summed E-state index contributed by atoms with van der Waals surface area (Å²) in [6.07, 6.45) is 10.3. The largest absolute Gasteiger partial charge is 0.467 e. The van der Waals surface area contributed by atoms with E-state index in [1.165, 1.54) is 7.11 Å². The number of urea groups is 1. The summed E-state index contributed by atoms with van der Waals surface area (Å²) in [6, 6.07) is 9.76. The normalized spacial score (nSPS) is 18.1. The van der Waals surface area contributed by atoms with Crippen LogP contribution in [0.3, 0.4) is 0 Å². The van der Waals surface area contributed by atoms with Crippen molar-refractivity contribution in [2.45, 2.75) is 44.3 Å². The number of pyridine rings is 2. The lowest BCUT2D eigenvalue weighted by molar-refractivity contribution is 0.239. The van der Waals surface area contributed by atoms with Crippen molar-refractivity contribution in [1.29, 1.82) is 0 Å². The molecule has 3 N–H and O–H groups in total. The van der Waals surface area contributed by atoms with Crippen LogP contribution >= 0.6 is 0 Å². The van der Waals surface area contributed by atoms with Crippen molar-refractivity contribution in [2.24, 2.45) is 5.73 Å². The SMILES string of the molecule is COc1ncc(-c2ccc(N(C(=O)NCc3ccccn3)[C@H]3CC[C@H](N)CC3)nc2)cn1. The molecule has 1 aliphatic carbocycles. The predicted octanol–water partition coefficient (Wildman–Crippen LogP) is 2.93. The number of nitrogens with two attached hydrogens (primary N) is 1. The van der Waals surface area contributed by atoms with E-state index < -0.39 is 0 Å². The van der Waals surface area contributed by atoms with Crippen molar-refractivity contribution in [3.05, 3.63) is 60.8 Å². The lowest BCUT2D eigenvalue weighted by atomic mass is 9.91. The van der Waals surface area contributed by atoms with Crippen molar-refractivity contribution in [3.63, 3.8) is 0 Å². The summed E-state index contributed by atoms with van der Waals surface area (Å²) in [5, 5.41) is 2.98. The average Bonchev–Trinajstić information content (AvgIpc) is 2.85. The molecule has 1 aliphatic rings. The number of nitrogens with zero attached hydrogens (tertiary/aromatic N) is 5. The second kappa shape index (κ2) is 10.1. The summed E-state index contributed by atoms with van der Waals surface area (Å²) in [5.74, 6) is 0.599. The molecule has 0 atom stereocenters. The van der Waals surface area contributed by atoms with Gasteiger partial charge in [0, 0.05) is 48.0 Å². The van der Waals surface area contributed by atoms with Crippen LogP contribution in [-0.4, -0.2) is 45.2 Å². The Morgan fingerprint density at radius 1 is 1.03 bits per heavy atom. The summed E-state index contributed by atoms with van der Waals surface area (Å²) >= 11 is 0. The van der Waals surface area contributed by atoms with Gasteiger partial charge in [-0.15, -0.1) is 0 Å². The molecular weight excluding hydrogens is 406 g/mol. The highest BCUT2D eigenvalue weighted by Gasteiger charge is 2.29. The van der Waals surface area contributed by atoms with E-state index in [4.69, 9.17) is 10.5 Å². The molecule has 1 saturated carbocycles. The molecule has 9 heteroatoms. The van der Waals surface area contributed by atoms with E-state index in [0.29, 0.717) is 18.4 Å². The highest BCUT2D eigenvalue weighted by atomic mass is 16.5. The summed E-state index contributed by atoms with van der Waals surface area (Å²) in [5.41, 5.74) is 8.56. The molecule has 0 aromatic carbocycles. The number of rotatable bonds is 6. The van der Waals surface area contributed by atoms with Gasteiger partial charge in [0.25, 0.3) is 0 Å². The maximum atomic E-state index is 13.2. The molecule has 0 aliphatic heterocycles. The fraction of sp³-hybridized carbons (Fsp3) is 0.348. The van der Waals surface area contributed by atoms with Crippen LogP contribution in [-0.2, 0) is 6.54 Å². The fourth-order valence-corrected chi connectivity index (χ4v) is 3.84. The Labute approximate surface area is 187 Å². The molecule has 166 valence electrons. The molecule has 0 bridgehead atoms. The van der Waals surface area contributed by atoms with E-state index in [1.54, 1.807) is 29.7 Å². The minimum atomic E-state index is -0.191. The van der Waals surface area contributed by atoms with Crippen LogP contribution in [0.25, 0.3) is 11.1 Å². The monoisotopic (exact) mass is 433 g/mol. The quantitative estimate of drug-likeness (QED) is 0.613. The third kappa shape index (κ3) is 5.17. The molecule has 1 fully saturated rings. The van der Waals surface area contributed by atoms with Crippen molar-refractivity contribution < 1.29 is 9.53 Å². The Balaban J connectivity index is 1.53. The van der Waals surface area contributed by atoms with Crippen LogP contribution in [0.2, 0.25) is 0 Å².